The zero-order valence-corrected chi connectivity index (χ0v) is 12.5. The number of amides is 1. The number of carboxylic acids is 1. The molecule has 22 heavy (non-hydrogen) atoms. The van der Waals surface area contributed by atoms with Gasteiger partial charge in [0.1, 0.15) is 6.61 Å². The fourth-order valence-corrected chi connectivity index (χ4v) is 3.75. The Morgan fingerprint density at radius 3 is 2.77 bits per heavy atom. The Morgan fingerprint density at radius 2 is 2.09 bits per heavy atom. The second-order valence-electron chi connectivity index (χ2n) is 6.30. The minimum Gasteiger partial charge on any atom is -0.481 e. The van der Waals surface area contributed by atoms with E-state index < -0.39 is 11.4 Å². The van der Waals surface area contributed by atoms with Crippen molar-refractivity contribution in [3.05, 3.63) is 35.9 Å². The van der Waals surface area contributed by atoms with Gasteiger partial charge < -0.3 is 14.7 Å². The van der Waals surface area contributed by atoms with E-state index in [1.807, 2.05) is 30.3 Å². The molecule has 5 nitrogen and oxygen atoms in total. The summed E-state index contributed by atoms with van der Waals surface area (Å²) in [5, 5.41) is 9.53. The number of fused-ring (bicyclic) bond motifs is 1. The average molecular weight is 303 g/mol. The van der Waals surface area contributed by atoms with Gasteiger partial charge in [0.25, 0.3) is 0 Å². The summed E-state index contributed by atoms with van der Waals surface area (Å²) < 4.78 is 5.47. The number of carboxylic acid groups (broad SMARTS) is 1. The molecule has 2 aliphatic rings. The summed E-state index contributed by atoms with van der Waals surface area (Å²) in [6.45, 7) is 1.30. The van der Waals surface area contributed by atoms with Crippen molar-refractivity contribution in [3.63, 3.8) is 0 Å². The van der Waals surface area contributed by atoms with Crippen LogP contribution in [0, 0.1) is 11.3 Å². The number of carbonyl (C=O) groups is 2. The normalized spacial score (nSPS) is 26.9. The molecule has 0 radical (unpaired) electrons. The van der Waals surface area contributed by atoms with Gasteiger partial charge in [0.05, 0.1) is 12.0 Å². The Hall–Kier alpha value is -1.88. The molecule has 1 saturated heterocycles. The lowest BCUT2D eigenvalue weighted by molar-refractivity contribution is -0.149. The van der Waals surface area contributed by atoms with Crippen LogP contribution in [0.25, 0.3) is 0 Å². The van der Waals surface area contributed by atoms with Gasteiger partial charge in [-0.2, -0.15) is 0 Å². The van der Waals surface area contributed by atoms with E-state index in [4.69, 9.17) is 4.74 Å². The van der Waals surface area contributed by atoms with E-state index in [1.165, 1.54) is 0 Å². The first-order valence-corrected chi connectivity index (χ1v) is 7.75. The van der Waals surface area contributed by atoms with Crippen molar-refractivity contribution in [2.45, 2.75) is 25.9 Å². The molecule has 0 bridgehead atoms. The summed E-state index contributed by atoms with van der Waals surface area (Å²) in [5.41, 5.74) is 0.310. The van der Waals surface area contributed by atoms with Crippen LogP contribution in [0.3, 0.4) is 0 Å². The fraction of sp³-hybridized carbons (Fsp3) is 0.529. The van der Waals surface area contributed by atoms with Crippen LogP contribution in [0.1, 0.15) is 24.8 Å². The minimum absolute atomic E-state index is 0.0112. The summed E-state index contributed by atoms with van der Waals surface area (Å²) in [5.74, 6) is -0.760. The van der Waals surface area contributed by atoms with Crippen LogP contribution in [0.2, 0.25) is 0 Å². The predicted octanol–water partition coefficient (Wildman–Crippen LogP) is 1.92. The molecule has 1 saturated carbocycles. The molecule has 0 spiro atoms. The summed E-state index contributed by atoms with van der Waals surface area (Å²) in [6, 6.07) is 9.69. The van der Waals surface area contributed by atoms with Crippen LogP contribution in [0.4, 0.5) is 0 Å². The summed E-state index contributed by atoms with van der Waals surface area (Å²) in [7, 11) is 0. The van der Waals surface area contributed by atoms with Gasteiger partial charge in [-0.1, -0.05) is 36.8 Å². The SMILES string of the molecule is O=C(COCc1ccccc1)N1C[C@@H]2CCC[C@@]2(C(=O)O)C1. The van der Waals surface area contributed by atoms with Crippen molar-refractivity contribution in [2.75, 3.05) is 19.7 Å². The number of rotatable bonds is 5. The molecule has 3 rings (SSSR count). The highest BCUT2D eigenvalue weighted by Crippen LogP contribution is 2.48. The third-order valence-electron chi connectivity index (χ3n) is 4.99. The zero-order valence-electron chi connectivity index (χ0n) is 12.5. The number of ether oxygens (including phenoxy) is 1. The number of hydrogen-bond donors (Lipinski definition) is 1. The quantitative estimate of drug-likeness (QED) is 0.902. The van der Waals surface area contributed by atoms with Gasteiger partial charge in [-0.25, -0.2) is 0 Å². The number of carbonyl (C=O) groups excluding carboxylic acids is 1. The molecule has 1 heterocycles. The third-order valence-corrected chi connectivity index (χ3v) is 4.99. The van der Waals surface area contributed by atoms with Gasteiger partial charge >= 0.3 is 5.97 Å². The van der Waals surface area contributed by atoms with Crippen molar-refractivity contribution in [1.29, 1.82) is 0 Å². The van der Waals surface area contributed by atoms with E-state index >= 15 is 0 Å². The number of likely N-dealkylation sites (tertiary alicyclic amines) is 1. The Labute approximate surface area is 129 Å². The van der Waals surface area contributed by atoms with Gasteiger partial charge in [0.15, 0.2) is 0 Å². The van der Waals surface area contributed by atoms with Gasteiger partial charge in [0, 0.05) is 13.1 Å². The lowest BCUT2D eigenvalue weighted by Crippen LogP contribution is -2.38. The van der Waals surface area contributed by atoms with E-state index in [1.54, 1.807) is 4.90 Å². The molecule has 0 aromatic heterocycles. The molecule has 2 atom stereocenters. The molecule has 1 aromatic rings. The molecule has 1 amide bonds. The van der Waals surface area contributed by atoms with Crippen LogP contribution in [0.5, 0.6) is 0 Å². The first-order chi connectivity index (χ1) is 10.6. The van der Waals surface area contributed by atoms with Crippen molar-refractivity contribution >= 4 is 11.9 Å². The van der Waals surface area contributed by atoms with E-state index in [-0.39, 0.29) is 18.4 Å². The van der Waals surface area contributed by atoms with Gasteiger partial charge in [-0.3, -0.25) is 9.59 Å². The van der Waals surface area contributed by atoms with Gasteiger partial charge in [0.2, 0.25) is 5.91 Å². The summed E-state index contributed by atoms with van der Waals surface area (Å²) in [6.07, 6.45) is 2.53. The number of nitrogens with zero attached hydrogens (tertiary/aromatic N) is 1. The lowest BCUT2D eigenvalue weighted by atomic mass is 9.81. The molecule has 2 fully saturated rings. The molecule has 1 aliphatic carbocycles. The monoisotopic (exact) mass is 303 g/mol. The van der Waals surface area contributed by atoms with Gasteiger partial charge in [-0.15, -0.1) is 0 Å². The number of aliphatic carboxylic acids is 1. The van der Waals surface area contributed by atoms with Crippen LogP contribution in [-0.4, -0.2) is 41.6 Å². The first-order valence-electron chi connectivity index (χ1n) is 7.75. The molecule has 1 aromatic carbocycles. The van der Waals surface area contributed by atoms with Gasteiger partial charge in [-0.05, 0) is 24.3 Å². The largest absolute Gasteiger partial charge is 0.481 e. The highest BCUT2D eigenvalue weighted by molar-refractivity contribution is 5.82. The number of hydrogen-bond acceptors (Lipinski definition) is 3. The second kappa shape index (κ2) is 6.08. The third kappa shape index (κ3) is 2.73. The molecule has 5 heteroatoms. The molecular formula is C17H21NO4. The van der Waals surface area contributed by atoms with E-state index in [0.29, 0.717) is 26.1 Å². The maximum Gasteiger partial charge on any atom is 0.311 e. The molecular weight excluding hydrogens is 282 g/mol. The number of benzene rings is 1. The molecule has 0 unspecified atom stereocenters. The molecule has 118 valence electrons. The fourth-order valence-electron chi connectivity index (χ4n) is 3.75. The highest BCUT2D eigenvalue weighted by atomic mass is 16.5. The summed E-state index contributed by atoms with van der Waals surface area (Å²) in [4.78, 5) is 25.5. The van der Waals surface area contributed by atoms with Crippen molar-refractivity contribution in [3.8, 4) is 0 Å². The average Bonchev–Trinajstić information content (AvgIpc) is 3.06. The second-order valence-corrected chi connectivity index (χ2v) is 6.30. The van der Waals surface area contributed by atoms with Crippen LogP contribution >= 0.6 is 0 Å². The van der Waals surface area contributed by atoms with Crippen molar-refractivity contribution in [1.82, 2.24) is 4.90 Å². The van der Waals surface area contributed by atoms with Crippen LogP contribution in [0.15, 0.2) is 30.3 Å². The maximum absolute atomic E-state index is 12.2. The molecule has 1 N–H and O–H groups in total. The Bertz CT molecular complexity index is 559. The zero-order chi connectivity index (χ0) is 15.6. The van der Waals surface area contributed by atoms with E-state index in [9.17, 15) is 14.7 Å². The smallest absolute Gasteiger partial charge is 0.311 e. The minimum atomic E-state index is -0.754. The maximum atomic E-state index is 12.2. The first kappa shape index (κ1) is 15.0. The summed E-state index contributed by atoms with van der Waals surface area (Å²) >= 11 is 0. The lowest BCUT2D eigenvalue weighted by Gasteiger charge is -2.23. The Morgan fingerprint density at radius 1 is 1.32 bits per heavy atom. The molecule has 1 aliphatic heterocycles. The topological polar surface area (TPSA) is 66.8 Å². The standard InChI is InChI=1S/C17H21NO4/c19-15(11-22-10-13-5-2-1-3-6-13)18-9-14-7-4-8-17(14,12-18)16(20)21/h1-3,5-6,14H,4,7-12H2,(H,20,21)/t14-,17+/m0/s1. The Balaban J connectivity index is 1.53. The van der Waals surface area contributed by atoms with Crippen LogP contribution < -0.4 is 0 Å². The highest BCUT2D eigenvalue weighted by Gasteiger charge is 2.55. The van der Waals surface area contributed by atoms with E-state index in [0.717, 1.165) is 18.4 Å². The van der Waals surface area contributed by atoms with Crippen molar-refractivity contribution in [2.24, 2.45) is 11.3 Å². The Kier molecular flexibility index (Phi) is 4.16. The van der Waals surface area contributed by atoms with Crippen LogP contribution in [-0.2, 0) is 20.9 Å². The van der Waals surface area contributed by atoms with E-state index in [2.05, 4.69) is 0 Å². The predicted molar refractivity (Wildman–Crippen MR) is 80.1 cm³/mol. The van der Waals surface area contributed by atoms with Crippen molar-refractivity contribution < 1.29 is 19.4 Å².